The van der Waals surface area contributed by atoms with E-state index in [0.29, 0.717) is 12.2 Å². The third-order valence-electron chi connectivity index (χ3n) is 3.36. The average Bonchev–Trinajstić information content (AvgIpc) is 2.48. The number of hydrogen-bond acceptors (Lipinski definition) is 4. The van der Waals surface area contributed by atoms with Crippen LogP contribution >= 0.6 is 0 Å². The third kappa shape index (κ3) is 3.44. The van der Waals surface area contributed by atoms with E-state index in [9.17, 15) is 4.79 Å². The van der Waals surface area contributed by atoms with Crippen LogP contribution in [0.4, 0.5) is 0 Å². The van der Waals surface area contributed by atoms with E-state index < -0.39 is 0 Å². The van der Waals surface area contributed by atoms with Gasteiger partial charge < -0.3 is 4.74 Å². The molecule has 1 aromatic rings. The van der Waals surface area contributed by atoms with Crippen molar-refractivity contribution in [3.05, 3.63) is 48.1 Å². The number of benzene rings is 1. The average molecular weight is 270 g/mol. The lowest BCUT2D eigenvalue weighted by Gasteiger charge is -2.32. The molecule has 2 rings (SSSR count). The number of rotatable bonds is 6. The van der Waals surface area contributed by atoms with Crippen LogP contribution in [0.3, 0.4) is 0 Å². The molecular formula is C16H18N2O2. The summed E-state index contributed by atoms with van der Waals surface area (Å²) < 4.78 is 5.66. The van der Waals surface area contributed by atoms with Gasteiger partial charge in [0.25, 0.3) is 0 Å². The Morgan fingerprint density at radius 3 is 2.75 bits per heavy atom. The Morgan fingerprint density at radius 1 is 1.40 bits per heavy atom. The normalized spacial score (nSPS) is 20.4. The smallest absolute Gasteiger partial charge is 0.150 e. The molecule has 0 saturated heterocycles. The van der Waals surface area contributed by atoms with Crippen molar-refractivity contribution < 1.29 is 9.53 Å². The molecule has 0 spiro atoms. The second-order valence-corrected chi connectivity index (χ2v) is 4.82. The van der Waals surface area contributed by atoms with Crippen LogP contribution in [0.1, 0.15) is 17.3 Å². The van der Waals surface area contributed by atoms with Gasteiger partial charge in [-0.1, -0.05) is 6.08 Å². The fourth-order valence-corrected chi connectivity index (χ4v) is 1.86. The van der Waals surface area contributed by atoms with Crippen LogP contribution in [-0.2, 0) is 0 Å². The topological polar surface area (TPSA) is 41.9 Å². The molecule has 0 amide bonds. The van der Waals surface area contributed by atoms with Gasteiger partial charge in [0.15, 0.2) is 0 Å². The number of carbonyl (C=O) groups is 1. The zero-order valence-corrected chi connectivity index (χ0v) is 11.7. The van der Waals surface area contributed by atoms with Crippen molar-refractivity contribution in [2.75, 3.05) is 20.2 Å². The summed E-state index contributed by atoms with van der Waals surface area (Å²) in [4.78, 5) is 17.0. The number of ether oxygens (including phenoxy) is 1. The fraction of sp³-hybridized carbons (Fsp3) is 0.312. The SMILES string of the molecule is CN(CCOc1ccc(C=O)cc1)C1(C)C=CC=C=N1. The second kappa shape index (κ2) is 6.33. The van der Waals surface area contributed by atoms with E-state index in [1.165, 1.54) is 0 Å². The molecular weight excluding hydrogens is 252 g/mol. The number of aldehydes is 1. The van der Waals surface area contributed by atoms with Gasteiger partial charge in [-0.2, -0.15) is 0 Å². The molecule has 1 heterocycles. The van der Waals surface area contributed by atoms with Crippen molar-refractivity contribution in [2.45, 2.75) is 12.6 Å². The zero-order chi connectivity index (χ0) is 14.4. The first-order valence-electron chi connectivity index (χ1n) is 6.52. The fourth-order valence-electron chi connectivity index (χ4n) is 1.86. The number of likely N-dealkylation sites (N-methyl/N-ethyl adjacent to an activating group) is 1. The van der Waals surface area contributed by atoms with Crippen LogP contribution in [0.15, 0.2) is 47.5 Å². The maximum absolute atomic E-state index is 10.6. The Bertz CT molecular complexity index is 556. The van der Waals surface area contributed by atoms with Gasteiger partial charge in [0.05, 0.1) is 0 Å². The molecule has 0 fully saturated rings. The lowest BCUT2D eigenvalue weighted by molar-refractivity contribution is 0.112. The van der Waals surface area contributed by atoms with Gasteiger partial charge in [-0.05, 0) is 56.3 Å². The van der Waals surface area contributed by atoms with E-state index >= 15 is 0 Å². The van der Waals surface area contributed by atoms with E-state index in [1.54, 1.807) is 30.3 Å². The van der Waals surface area contributed by atoms with Gasteiger partial charge in [-0.25, -0.2) is 4.99 Å². The molecule has 1 aromatic carbocycles. The maximum Gasteiger partial charge on any atom is 0.150 e. The summed E-state index contributed by atoms with van der Waals surface area (Å²) in [7, 11) is 2.00. The predicted molar refractivity (Wildman–Crippen MR) is 79.5 cm³/mol. The summed E-state index contributed by atoms with van der Waals surface area (Å²) in [5.74, 6) is 3.64. The quantitative estimate of drug-likeness (QED) is 0.745. The highest BCUT2D eigenvalue weighted by atomic mass is 16.5. The number of nitrogens with zero attached hydrogens (tertiary/aromatic N) is 2. The van der Waals surface area contributed by atoms with Gasteiger partial charge >= 0.3 is 0 Å². The van der Waals surface area contributed by atoms with Crippen molar-refractivity contribution in [3.63, 3.8) is 0 Å². The van der Waals surface area contributed by atoms with Crippen LogP contribution in [0, 0.1) is 0 Å². The van der Waals surface area contributed by atoms with E-state index in [1.807, 2.05) is 26.1 Å². The molecule has 1 aliphatic heterocycles. The Labute approximate surface area is 119 Å². The predicted octanol–water partition coefficient (Wildman–Crippen LogP) is 2.32. The van der Waals surface area contributed by atoms with E-state index in [0.717, 1.165) is 18.6 Å². The molecule has 1 atom stereocenters. The van der Waals surface area contributed by atoms with Crippen LogP contribution in [-0.4, -0.2) is 42.9 Å². The van der Waals surface area contributed by atoms with Crippen molar-refractivity contribution in [3.8, 4) is 5.75 Å². The highest BCUT2D eigenvalue weighted by molar-refractivity contribution is 5.74. The summed E-state index contributed by atoms with van der Waals surface area (Å²) in [6.45, 7) is 3.32. The summed E-state index contributed by atoms with van der Waals surface area (Å²) in [6.07, 6.45) is 6.59. The van der Waals surface area contributed by atoms with Gasteiger partial charge in [0.1, 0.15) is 24.3 Å². The zero-order valence-electron chi connectivity index (χ0n) is 11.7. The first-order valence-corrected chi connectivity index (χ1v) is 6.52. The standard InChI is InChI=1S/C16H18N2O2/c1-16(9-3-4-10-17-16)18(2)11-12-20-15-7-5-14(13-19)6-8-15/h3-9,13H,11-12H2,1-2H3. The molecule has 1 aliphatic rings. The summed E-state index contributed by atoms with van der Waals surface area (Å²) in [5, 5.41) is 0. The maximum atomic E-state index is 10.6. The molecule has 4 nitrogen and oxygen atoms in total. The molecule has 0 saturated carbocycles. The first kappa shape index (κ1) is 14.3. The number of hydrogen-bond donors (Lipinski definition) is 0. The summed E-state index contributed by atoms with van der Waals surface area (Å²) in [5.41, 5.74) is 0.287. The molecule has 0 N–H and O–H groups in total. The molecule has 0 bridgehead atoms. The Kier molecular flexibility index (Phi) is 4.51. The van der Waals surface area contributed by atoms with Crippen LogP contribution < -0.4 is 4.74 Å². The van der Waals surface area contributed by atoms with Gasteiger partial charge in [-0.15, -0.1) is 0 Å². The third-order valence-corrected chi connectivity index (χ3v) is 3.36. The molecule has 20 heavy (non-hydrogen) atoms. The van der Waals surface area contributed by atoms with Crippen LogP contribution in [0.2, 0.25) is 0 Å². The number of aliphatic imine (C=N–C) groups is 1. The van der Waals surface area contributed by atoms with Gasteiger partial charge in [0.2, 0.25) is 0 Å². The van der Waals surface area contributed by atoms with Crippen LogP contribution in [0.25, 0.3) is 0 Å². The van der Waals surface area contributed by atoms with Crippen molar-refractivity contribution >= 4 is 12.2 Å². The summed E-state index contributed by atoms with van der Waals surface area (Å²) in [6, 6.07) is 7.08. The minimum Gasteiger partial charge on any atom is -0.492 e. The van der Waals surface area contributed by atoms with Gasteiger partial charge in [0, 0.05) is 12.1 Å². The molecule has 0 aliphatic carbocycles. The van der Waals surface area contributed by atoms with Crippen LogP contribution in [0.5, 0.6) is 5.75 Å². The summed E-state index contributed by atoms with van der Waals surface area (Å²) >= 11 is 0. The molecule has 0 aromatic heterocycles. The Balaban J connectivity index is 1.84. The molecule has 4 heteroatoms. The Morgan fingerprint density at radius 2 is 2.15 bits per heavy atom. The van der Waals surface area contributed by atoms with E-state index in [-0.39, 0.29) is 5.66 Å². The number of allylic oxidation sites excluding steroid dienone is 2. The van der Waals surface area contributed by atoms with E-state index in [2.05, 4.69) is 15.8 Å². The van der Waals surface area contributed by atoms with Crippen molar-refractivity contribution in [1.82, 2.24) is 4.90 Å². The monoisotopic (exact) mass is 270 g/mol. The molecule has 0 radical (unpaired) electrons. The minimum absolute atomic E-state index is 0.362. The van der Waals surface area contributed by atoms with Crippen molar-refractivity contribution in [1.29, 1.82) is 0 Å². The lowest BCUT2D eigenvalue weighted by atomic mass is 10.1. The number of carbonyl (C=O) groups excluding carboxylic acids is 1. The largest absolute Gasteiger partial charge is 0.492 e. The highest BCUT2D eigenvalue weighted by Gasteiger charge is 2.25. The van der Waals surface area contributed by atoms with Gasteiger partial charge in [-0.3, -0.25) is 9.69 Å². The lowest BCUT2D eigenvalue weighted by Crippen LogP contribution is -2.43. The second-order valence-electron chi connectivity index (χ2n) is 4.82. The first-order chi connectivity index (χ1) is 9.64. The van der Waals surface area contributed by atoms with E-state index in [4.69, 9.17) is 4.74 Å². The Hall–Kier alpha value is -2.16. The minimum atomic E-state index is -0.362. The molecule has 1 unspecified atom stereocenters. The van der Waals surface area contributed by atoms with Crippen molar-refractivity contribution in [2.24, 2.45) is 4.99 Å². The highest BCUT2D eigenvalue weighted by Crippen LogP contribution is 2.18. The molecule has 104 valence electrons.